The van der Waals surface area contributed by atoms with Gasteiger partial charge in [0.05, 0.1) is 0 Å². The van der Waals surface area contributed by atoms with Crippen LogP contribution in [0.3, 0.4) is 0 Å². The first-order chi connectivity index (χ1) is 11.6. The second kappa shape index (κ2) is 5.32. The molecule has 120 valence electrons. The van der Waals surface area contributed by atoms with Gasteiger partial charge in [-0.2, -0.15) is 0 Å². The summed E-state index contributed by atoms with van der Waals surface area (Å²) >= 11 is 0. The average Bonchev–Trinajstić information content (AvgIpc) is 2.86. The van der Waals surface area contributed by atoms with Gasteiger partial charge in [-0.3, -0.25) is 0 Å². The average molecular weight is 314 g/mol. The van der Waals surface area contributed by atoms with Crippen molar-refractivity contribution < 1.29 is 5.11 Å². The van der Waals surface area contributed by atoms with Gasteiger partial charge in [-0.1, -0.05) is 85.8 Å². The molecule has 2 atom stereocenters. The fourth-order valence-electron chi connectivity index (χ4n) is 4.37. The van der Waals surface area contributed by atoms with Crippen LogP contribution in [0.5, 0.6) is 0 Å². The van der Waals surface area contributed by atoms with Crippen molar-refractivity contribution in [3.63, 3.8) is 0 Å². The molecule has 0 saturated carbocycles. The lowest BCUT2D eigenvalue weighted by Crippen LogP contribution is -2.45. The van der Waals surface area contributed by atoms with Crippen molar-refractivity contribution in [2.24, 2.45) is 0 Å². The smallest absolute Gasteiger partial charge is 0.125 e. The van der Waals surface area contributed by atoms with E-state index >= 15 is 0 Å². The second-order valence-electron chi connectivity index (χ2n) is 7.06. The zero-order valence-electron chi connectivity index (χ0n) is 14.2. The molecule has 1 heteroatoms. The fourth-order valence-corrected chi connectivity index (χ4v) is 4.37. The fraction of sp³-hybridized carbons (Fsp3) is 0.217. The number of aliphatic hydroxyl groups is 1. The molecule has 0 radical (unpaired) electrons. The quantitative estimate of drug-likeness (QED) is 0.724. The summed E-state index contributed by atoms with van der Waals surface area (Å²) in [4.78, 5) is 0. The van der Waals surface area contributed by atoms with Gasteiger partial charge in [0.2, 0.25) is 0 Å². The molecular weight excluding hydrogens is 292 g/mol. The lowest BCUT2D eigenvalue weighted by atomic mass is 9.65. The van der Waals surface area contributed by atoms with Crippen molar-refractivity contribution in [2.45, 2.75) is 31.3 Å². The third kappa shape index (κ3) is 1.91. The van der Waals surface area contributed by atoms with Crippen molar-refractivity contribution in [2.75, 3.05) is 0 Å². The van der Waals surface area contributed by atoms with E-state index in [-0.39, 0.29) is 0 Å². The molecule has 3 aromatic rings. The van der Waals surface area contributed by atoms with Gasteiger partial charge in [-0.05, 0) is 41.2 Å². The molecule has 4 rings (SSSR count). The van der Waals surface area contributed by atoms with E-state index in [1.165, 1.54) is 11.1 Å². The Balaban J connectivity index is 2.04. The minimum atomic E-state index is -1.03. The van der Waals surface area contributed by atoms with E-state index in [2.05, 4.69) is 68.4 Å². The predicted molar refractivity (Wildman–Crippen MR) is 98.1 cm³/mol. The number of aryl methyl sites for hydroxylation is 1. The maximum Gasteiger partial charge on any atom is 0.125 e. The molecule has 0 fully saturated rings. The van der Waals surface area contributed by atoms with Gasteiger partial charge in [-0.25, -0.2) is 0 Å². The van der Waals surface area contributed by atoms with E-state index in [4.69, 9.17) is 0 Å². The van der Waals surface area contributed by atoms with Crippen LogP contribution in [0.15, 0.2) is 78.9 Å². The normalized spacial score (nSPS) is 25.5. The number of hydrogen-bond acceptors (Lipinski definition) is 1. The minimum Gasteiger partial charge on any atom is -0.379 e. The Labute approximate surface area is 143 Å². The highest BCUT2D eigenvalue weighted by Crippen LogP contribution is 2.55. The monoisotopic (exact) mass is 314 g/mol. The predicted octanol–water partition coefficient (Wildman–Crippen LogP) is 4.74. The van der Waals surface area contributed by atoms with Crippen molar-refractivity contribution in [1.82, 2.24) is 0 Å². The molecule has 0 bridgehead atoms. The van der Waals surface area contributed by atoms with E-state index in [0.717, 1.165) is 23.1 Å². The van der Waals surface area contributed by atoms with E-state index in [0.29, 0.717) is 0 Å². The molecule has 0 spiro atoms. The van der Waals surface area contributed by atoms with Crippen LogP contribution in [0.1, 0.15) is 34.7 Å². The molecule has 1 N–H and O–H groups in total. The number of benzene rings is 3. The van der Waals surface area contributed by atoms with Gasteiger partial charge in [-0.15, -0.1) is 0 Å². The summed E-state index contributed by atoms with van der Waals surface area (Å²) in [7, 11) is 0. The van der Waals surface area contributed by atoms with Gasteiger partial charge in [0.15, 0.2) is 0 Å². The molecule has 3 aromatic carbocycles. The standard InChI is InChI=1S/C23H22O/c1-17-10-6-8-14-20(17)23(24)21-15-9-7-11-18(21)16-22(23,2)19-12-4-3-5-13-19/h3-15,24H,16H2,1-2H3/t22-,23+/m0/s1. The summed E-state index contributed by atoms with van der Waals surface area (Å²) in [6, 6.07) is 26.9. The van der Waals surface area contributed by atoms with Gasteiger partial charge in [0.1, 0.15) is 5.60 Å². The molecular formula is C23H22O. The second-order valence-corrected chi connectivity index (χ2v) is 7.06. The summed E-state index contributed by atoms with van der Waals surface area (Å²) in [5.74, 6) is 0. The van der Waals surface area contributed by atoms with Crippen LogP contribution in [0, 0.1) is 6.92 Å². The SMILES string of the molecule is Cc1ccccc1[C@@]1(O)c2ccccc2C[C@@]1(C)c1ccccc1. The molecule has 0 unspecified atom stereocenters. The highest BCUT2D eigenvalue weighted by Gasteiger charge is 2.56. The van der Waals surface area contributed by atoms with Crippen LogP contribution in [0.25, 0.3) is 0 Å². The van der Waals surface area contributed by atoms with Crippen LogP contribution in [0.4, 0.5) is 0 Å². The molecule has 24 heavy (non-hydrogen) atoms. The molecule has 0 heterocycles. The van der Waals surface area contributed by atoms with Gasteiger partial charge >= 0.3 is 0 Å². The topological polar surface area (TPSA) is 20.2 Å². The summed E-state index contributed by atoms with van der Waals surface area (Å²) in [5.41, 5.74) is 4.13. The van der Waals surface area contributed by atoms with Crippen molar-refractivity contribution in [3.05, 3.63) is 107 Å². The largest absolute Gasteiger partial charge is 0.379 e. The molecule has 0 aromatic heterocycles. The maximum absolute atomic E-state index is 12.2. The maximum atomic E-state index is 12.2. The van der Waals surface area contributed by atoms with Crippen LogP contribution >= 0.6 is 0 Å². The summed E-state index contributed by atoms with van der Waals surface area (Å²) in [6.07, 6.45) is 0.831. The van der Waals surface area contributed by atoms with Gasteiger partial charge < -0.3 is 5.11 Å². The van der Waals surface area contributed by atoms with Crippen LogP contribution in [0.2, 0.25) is 0 Å². The first-order valence-electron chi connectivity index (χ1n) is 8.50. The zero-order chi connectivity index (χ0) is 16.8. The first-order valence-corrected chi connectivity index (χ1v) is 8.50. The highest BCUT2D eigenvalue weighted by molar-refractivity contribution is 5.55. The van der Waals surface area contributed by atoms with Gasteiger partial charge in [0.25, 0.3) is 0 Å². The van der Waals surface area contributed by atoms with E-state index in [1.807, 2.05) is 24.3 Å². The number of rotatable bonds is 2. The molecule has 1 aliphatic rings. The summed E-state index contributed by atoms with van der Waals surface area (Å²) in [5, 5.41) is 12.2. The Kier molecular flexibility index (Phi) is 3.36. The summed E-state index contributed by atoms with van der Waals surface area (Å²) < 4.78 is 0. The Morgan fingerprint density at radius 3 is 2.04 bits per heavy atom. The Hall–Kier alpha value is -2.38. The molecule has 1 nitrogen and oxygen atoms in total. The molecule has 1 aliphatic carbocycles. The van der Waals surface area contributed by atoms with E-state index in [1.54, 1.807) is 0 Å². The van der Waals surface area contributed by atoms with Gasteiger partial charge in [0, 0.05) is 5.41 Å². The summed E-state index contributed by atoms with van der Waals surface area (Å²) in [6.45, 7) is 4.27. The Morgan fingerprint density at radius 2 is 1.33 bits per heavy atom. The van der Waals surface area contributed by atoms with Crippen LogP contribution < -0.4 is 0 Å². The molecule has 0 saturated heterocycles. The first kappa shape index (κ1) is 15.2. The van der Waals surface area contributed by atoms with Crippen LogP contribution in [-0.4, -0.2) is 5.11 Å². The number of fused-ring (bicyclic) bond motifs is 1. The minimum absolute atomic E-state index is 0.399. The number of hydrogen-bond donors (Lipinski definition) is 1. The van der Waals surface area contributed by atoms with Crippen molar-refractivity contribution in [3.8, 4) is 0 Å². The lowest BCUT2D eigenvalue weighted by Gasteiger charge is -2.42. The molecule has 0 aliphatic heterocycles. The van der Waals surface area contributed by atoms with E-state index < -0.39 is 11.0 Å². The highest BCUT2D eigenvalue weighted by atomic mass is 16.3. The Bertz CT molecular complexity index is 883. The van der Waals surface area contributed by atoms with E-state index in [9.17, 15) is 5.11 Å². The van der Waals surface area contributed by atoms with Crippen molar-refractivity contribution in [1.29, 1.82) is 0 Å². The van der Waals surface area contributed by atoms with Crippen molar-refractivity contribution >= 4 is 0 Å². The molecule has 0 amide bonds. The van der Waals surface area contributed by atoms with Crippen LogP contribution in [-0.2, 0) is 17.4 Å². The lowest BCUT2D eigenvalue weighted by molar-refractivity contribution is 0.0134. The third-order valence-electron chi connectivity index (χ3n) is 5.70. The zero-order valence-corrected chi connectivity index (χ0v) is 14.2. The third-order valence-corrected chi connectivity index (χ3v) is 5.70. The Morgan fingerprint density at radius 1 is 0.750 bits per heavy atom.